The summed E-state index contributed by atoms with van der Waals surface area (Å²) >= 11 is 0. The molecule has 2 aromatic rings. The van der Waals surface area contributed by atoms with Crippen molar-refractivity contribution in [3.05, 3.63) is 65.7 Å². The first-order valence-corrected chi connectivity index (χ1v) is 6.86. The van der Waals surface area contributed by atoms with Crippen molar-refractivity contribution in [2.24, 2.45) is 0 Å². The molecule has 5 heteroatoms. The molecular formula is C17H17NO4. The Labute approximate surface area is 128 Å². The quantitative estimate of drug-likeness (QED) is 0.832. The van der Waals surface area contributed by atoms with Crippen LogP contribution in [0.4, 0.5) is 4.79 Å². The number of benzene rings is 2. The third-order valence-electron chi connectivity index (χ3n) is 3.07. The van der Waals surface area contributed by atoms with Crippen molar-refractivity contribution >= 4 is 11.9 Å². The van der Waals surface area contributed by atoms with Crippen molar-refractivity contribution in [3.8, 4) is 5.75 Å². The summed E-state index contributed by atoms with van der Waals surface area (Å²) in [5.74, 6) is -0.294. The molecule has 0 aromatic heterocycles. The summed E-state index contributed by atoms with van der Waals surface area (Å²) in [6, 6.07) is 14.5. The van der Waals surface area contributed by atoms with Crippen LogP contribution in [0.1, 0.15) is 22.8 Å². The first-order chi connectivity index (χ1) is 10.6. The molecule has 0 saturated carbocycles. The van der Waals surface area contributed by atoms with E-state index in [9.17, 15) is 14.7 Å². The number of rotatable bonds is 5. The zero-order valence-electron chi connectivity index (χ0n) is 12.2. The Bertz CT molecular complexity index is 655. The minimum Gasteiger partial charge on any atom is -0.508 e. The summed E-state index contributed by atoms with van der Waals surface area (Å²) in [7, 11) is 0. The average molecular weight is 299 g/mol. The van der Waals surface area contributed by atoms with Crippen LogP contribution >= 0.6 is 0 Å². The van der Waals surface area contributed by atoms with Crippen LogP contribution < -0.4 is 5.32 Å². The number of Topliss-reactive ketones (excluding diaryl/α,β-unsaturated/α-hetero) is 1. The Morgan fingerprint density at radius 3 is 2.55 bits per heavy atom. The topological polar surface area (TPSA) is 75.6 Å². The van der Waals surface area contributed by atoms with Crippen molar-refractivity contribution in [2.45, 2.75) is 19.6 Å². The highest BCUT2D eigenvalue weighted by atomic mass is 16.5. The summed E-state index contributed by atoms with van der Waals surface area (Å²) in [5, 5.41) is 11.8. The van der Waals surface area contributed by atoms with Gasteiger partial charge in [0, 0.05) is 5.56 Å². The largest absolute Gasteiger partial charge is 0.508 e. The maximum Gasteiger partial charge on any atom is 0.408 e. The number of nitrogens with one attached hydrogen (secondary N) is 1. The number of aromatic hydroxyl groups is 1. The molecule has 0 spiro atoms. The van der Waals surface area contributed by atoms with E-state index >= 15 is 0 Å². The third kappa shape index (κ3) is 4.34. The van der Waals surface area contributed by atoms with Gasteiger partial charge in [0.05, 0.1) is 6.04 Å². The van der Waals surface area contributed by atoms with Crippen LogP contribution in [-0.4, -0.2) is 23.0 Å². The first-order valence-electron chi connectivity index (χ1n) is 6.86. The van der Waals surface area contributed by atoms with Crippen molar-refractivity contribution in [1.82, 2.24) is 5.32 Å². The van der Waals surface area contributed by atoms with E-state index in [1.54, 1.807) is 19.1 Å². The lowest BCUT2D eigenvalue weighted by Crippen LogP contribution is -2.38. The Morgan fingerprint density at radius 1 is 1.14 bits per heavy atom. The average Bonchev–Trinajstić information content (AvgIpc) is 2.53. The fraction of sp³-hybridized carbons (Fsp3) is 0.176. The zero-order chi connectivity index (χ0) is 15.9. The normalized spacial score (nSPS) is 11.5. The van der Waals surface area contributed by atoms with Crippen LogP contribution in [0.3, 0.4) is 0 Å². The summed E-state index contributed by atoms with van der Waals surface area (Å²) in [6.07, 6.45) is -0.662. The van der Waals surface area contributed by atoms with Gasteiger partial charge in [-0.3, -0.25) is 4.79 Å². The van der Waals surface area contributed by atoms with Crippen molar-refractivity contribution in [1.29, 1.82) is 0 Å². The van der Waals surface area contributed by atoms with Gasteiger partial charge in [-0.15, -0.1) is 0 Å². The van der Waals surface area contributed by atoms with Crippen LogP contribution in [-0.2, 0) is 11.3 Å². The van der Waals surface area contributed by atoms with Gasteiger partial charge in [-0.25, -0.2) is 4.79 Å². The Kier molecular flexibility index (Phi) is 5.14. The number of alkyl carbamates (subject to hydrolysis) is 1. The van der Waals surface area contributed by atoms with E-state index in [0.717, 1.165) is 5.56 Å². The molecule has 2 N–H and O–H groups in total. The van der Waals surface area contributed by atoms with E-state index in [-0.39, 0.29) is 18.1 Å². The Morgan fingerprint density at radius 2 is 1.86 bits per heavy atom. The second-order valence-electron chi connectivity index (χ2n) is 4.84. The number of carbonyl (C=O) groups excluding carboxylic acids is 2. The molecule has 0 heterocycles. The van der Waals surface area contributed by atoms with E-state index in [0.29, 0.717) is 5.56 Å². The lowest BCUT2D eigenvalue weighted by atomic mass is 10.1. The highest BCUT2D eigenvalue weighted by Gasteiger charge is 2.18. The molecule has 0 aliphatic rings. The predicted octanol–water partition coefficient (Wildman–Crippen LogP) is 2.89. The lowest BCUT2D eigenvalue weighted by Gasteiger charge is -2.13. The molecule has 0 fully saturated rings. The van der Waals surface area contributed by atoms with E-state index in [1.807, 2.05) is 30.3 Å². The van der Waals surface area contributed by atoms with E-state index < -0.39 is 12.1 Å². The summed E-state index contributed by atoms with van der Waals surface area (Å²) in [4.78, 5) is 23.8. The Balaban J connectivity index is 1.87. The SMILES string of the molecule is CC(NC(=O)OCc1ccccc1)C(=O)c1cccc(O)c1. The van der Waals surface area contributed by atoms with E-state index in [2.05, 4.69) is 5.32 Å². The van der Waals surface area contributed by atoms with Gasteiger partial charge in [-0.1, -0.05) is 42.5 Å². The van der Waals surface area contributed by atoms with Crippen LogP contribution in [0.2, 0.25) is 0 Å². The highest BCUT2D eigenvalue weighted by molar-refractivity contribution is 6.01. The molecule has 1 unspecified atom stereocenters. The van der Waals surface area contributed by atoms with Crippen LogP contribution in [0, 0.1) is 0 Å². The number of hydrogen-bond acceptors (Lipinski definition) is 4. The third-order valence-corrected chi connectivity index (χ3v) is 3.07. The van der Waals surface area contributed by atoms with Gasteiger partial charge in [-0.05, 0) is 24.6 Å². The standard InChI is InChI=1S/C17H17NO4/c1-12(16(20)14-8-5-9-15(19)10-14)18-17(21)22-11-13-6-3-2-4-7-13/h2-10,12,19H,11H2,1H3,(H,18,21). The highest BCUT2D eigenvalue weighted by Crippen LogP contribution is 2.12. The molecule has 114 valence electrons. The van der Waals surface area contributed by atoms with Crippen LogP contribution in [0.5, 0.6) is 5.75 Å². The Hall–Kier alpha value is -2.82. The summed E-state index contributed by atoms with van der Waals surface area (Å²) in [6.45, 7) is 1.70. The van der Waals surface area contributed by atoms with E-state index in [4.69, 9.17) is 4.74 Å². The maximum atomic E-state index is 12.1. The minimum absolute atomic E-state index is 0.00436. The summed E-state index contributed by atoms with van der Waals surface area (Å²) in [5.41, 5.74) is 1.19. The molecule has 5 nitrogen and oxygen atoms in total. The molecule has 0 radical (unpaired) electrons. The van der Waals surface area contributed by atoms with Gasteiger partial charge in [0.25, 0.3) is 0 Å². The molecule has 2 aromatic carbocycles. The van der Waals surface area contributed by atoms with Crippen molar-refractivity contribution < 1.29 is 19.4 Å². The molecule has 22 heavy (non-hydrogen) atoms. The maximum absolute atomic E-state index is 12.1. The number of phenolic OH excluding ortho intramolecular Hbond substituents is 1. The second-order valence-corrected chi connectivity index (χ2v) is 4.84. The molecule has 0 saturated heterocycles. The zero-order valence-corrected chi connectivity index (χ0v) is 12.2. The molecule has 1 atom stereocenters. The first kappa shape index (κ1) is 15.6. The fourth-order valence-electron chi connectivity index (χ4n) is 1.92. The second kappa shape index (κ2) is 7.26. The van der Waals surface area contributed by atoms with Gasteiger partial charge >= 0.3 is 6.09 Å². The van der Waals surface area contributed by atoms with Gasteiger partial charge in [0.15, 0.2) is 5.78 Å². The molecule has 1 amide bonds. The smallest absolute Gasteiger partial charge is 0.408 e. The predicted molar refractivity (Wildman–Crippen MR) is 81.7 cm³/mol. The molecule has 0 bridgehead atoms. The molecule has 0 aliphatic heterocycles. The molecular weight excluding hydrogens is 282 g/mol. The number of amides is 1. The van der Waals surface area contributed by atoms with Crippen LogP contribution in [0.15, 0.2) is 54.6 Å². The molecule has 0 aliphatic carbocycles. The minimum atomic E-state index is -0.745. The van der Waals surface area contributed by atoms with E-state index in [1.165, 1.54) is 12.1 Å². The number of hydrogen-bond donors (Lipinski definition) is 2. The number of carbonyl (C=O) groups is 2. The van der Waals surface area contributed by atoms with Gasteiger partial charge in [0.1, 0.15) is 12.4 Å². The lowest BCUT2D eigenvalue weighted by molar-refractivity contribution is 0.0926. The number of phenols is 1. The number of ketones is 1. The van der Waals surface area contributed by atoms with Crippen molar-refractivity contribution in [3.63, 3.8) is 0 Å². The van der Waals surface area contributed by atoms with Gasteiger partial charge in [0.2, 0.25) is 0 Å². The van der Waals surface area contributed by atoms with Gasteiger partial charge < -0.3 is 15.2 Å². The number of ether oxygens (including phenoxy) is 1. The summed E-state index contributed by atoms with van der Waals surface area (Å²) < 4.78 is 5.06. The monoisotopic (exact) mass is 299 g/mol. The van der Waals surface area contributed by atoms with Crippen molar-refractivity contribution in [2.75, 3.05) is 0 Å². The molecule has 2 rings (SSSR count). The van der Waals surface area contributed by atoms with Gasteiger partial charge in [-0.2, -0.15) is 0 Å². The van der Waals surface area contributed by atoms with Crippen LogP contribution in [0.25, 0.3) is 0 Å². The fourth-order valence-corrected chi connectivity index (χ4v) is 1.92.